The van der Waals surface area contributed by atoms with E-state index < -0.39 is 0 Å². The number of ether oxygens (including phenoxy) is 2. The van der Waals surface area contributed by atoms with Crippen molar-refractivity contribution in [2.24, 2.45) is 0 Å². The molecule has 0 N–H and O–H groups in total. The number of hydrogen-bond acceptors (Lipinski definition) is 4. The Morgan fingerprint density at radius 2 is 2.18 bits per heavy atom. The van der Waals surface area contributed by atoms with Crippen LogP contribution in [0.3, 0.4) is 0 Å². The molecule has 1 aromatic heterocycles. The molecule has 0 aliphatic rings. The summed E-state index contributed by atoms with van der Waals surface area (Å²) in [5, 5.41) is 0. The second-order valence-electron chi connectivity index (χ2n) is 3.60. The van der Waals surface area contributed by atoms with E-state index in [4.69, 9.17) is 9.47 Å². The van der Waals surface area contributed by atoms with Crippen molar-refractivity contribution in [3.8, 4) is 0 Å². The minimum atomic E-state index is -0.0469. The Hall–Kier alpha value is -0.720. The molecule has 6 heteroatoms. The Labute approximate surface area is 109 Å². The molecule has 0 radical (unpaired) electrons. The van der Waals surface area contributed by atoms with E-state index in [1.54, 1.807) is 24.9 Å². The highest BCUT2D eigenvalue weighted by molar-refractivity contribution is 9.10. The van der Waals surface area contributed by atoms with Crippen LogP contribution >= 0.6 is 15.9 Å². The minimum Gasteiger partial charge on any atom is -0.382 e. The topological polar surface area (TPSA) is 53.4 Å². The third kappa shape index (κ3) is 4.57. The van der Waals surface area contributed by atoms with Crippen LogP contribution in [0.25, 0.3) is 0 Å². The lowest BCUT2D eigenvalue weighted by Crippen LogP contribution is -2.22. The van der Waals surface area contributed by atoms with Gasteiger partial charge in [-0.05, 0) is 29.3 Å². The highest BCUT2D eigenvalue weighted by Crippen LogP contribution is 2.06. The van der Waals surface area contributed by atoms with E-state index in [1.165, 1.54) is 0 Å². The quantitative estimate of drug-likeness (QED) is 0.714. The van der Waals surface area contributed by atoms with Gasteiger partial charge in [0.05, 0.1) is 25.2 Å². The molecule has 0 fully saturated rings. The Morgan fingerprint density at radius 3 is 2.88 bits per heavy atom. The maximum absolute atomic E-state index is 11.8. The van der Waals surface area contributed by atoms with Crippen LogP contribution in [0.4, 0.5) is 0 Å². The van der Waals surface area contributed by atoms with Gasteiger partial charge in [0, 0.05) is 20.3 Å². The number of halogens is 1. The molecule has 0 aromatic carbocycles. The highest BCUT2D eigenvalue weighted by atomic mass is 79.9. The molecule has 1 heterocycles. The molecule has 0 saturated carbocycles. The SMILES string of the molecule is COCCOCCCn1cnc(C)c(Br)c1=O. The monoisotopic (exact) mass is 304 g/mol. The van der Waals surface area contributed by atoms with Crippen molar-refractivity contribution in [1.29, 1.82) is 0 Å². The molecular formula is C11H17BrN2O3. The number of aromatic nitrogens is 2. The Balaban J connectivity index is 2.37. The van der Waals surface area contributed by atoms with Gasteiger partial charge < -0.3 is 9.47 Å². The fraction of sp³-hybridized carbons (Fsp3) is 0.636. The normalized spacial score (nSPS) is 10.8. The Morgan fingerprint density at radius 1 is 1.41 bits per heavy atom. The Kier molecular flexibility index (Phi) is 6.39. The lowest BCUT2D eigenvalue weighted by atomic mass is 10.4. The lowest BCUT2D eigenvalue weighted by molar-refractivity contribution is 0.0679. The van der Waals surface area contributed by atoms with Crippen molar-refractivity contribution in [3.05, 3.63) is 26.8 Å². The first-order valence-electron chi connectivity index (χ1n) is 5.45. The highest BCUT2D eigenvalue weighted by Gasteiger charge is 2.04. The molecule has 17 heavy (non-hydrogen) atoms. The van der Waals surface area contributed by atoms with E-state index >= 15 is 0 Å². The molecule has 0 saturated heterocycles. The van der Waals surface area contributed by atoms with Gasteiger partial charge in [-0.2, -0.15) is 0 Å². The lowest BCUT2D eigenvalue weighted by Gasteiger charge is -2.07. The summed E-state index contributed by atoms with van der Waals surface area (Å²) in [7, 11) is 1.64. The second kappa shape index (κ2) is 7.58. The fourth-order valence-corrected chi connectivity index (χ4v) is 1.62. The van der Waals surface area contributed by atoms with Gasteiger partial charge in [0.1, 0.15) is 4.47 Å². The van der Waals surface area contributed by atoms with Gasteiger partial charge in [-0.15, -0.1) is 0 Å². The molecule has 0 aliphatic carbocycles. The molecular weight excluding hydrogens is 288 g/mol. The number of aryl methyl sites for hydroxylation is 2. The molecule has 1 rings (SSSR count). The van der Waals surface area contributed by atoms with Gasteiger partial charge in [0.25, 0.3) is 5.56 Å². The largest absolute Gasteiger partial charge is 0.382 e. The van der Waals surface area contributed by atoms with Gasteiger partial charge in [-0.25, -0.2) is 4.98 Å². The standard InChI is InChI=1S/C11H17BrN2O3/c1-9-10(12)11(15)14(8-13-9)4-3-5-17-7-6-16-2/h8H,3-7H2,1-2H3. The van der Waals surface area contributed by atoms with Crippen LogP contribution < -0.4 is 5.56 Å². The Bertz CT molecular complexity index is 406. The average Bonchev–Trinajstić information content (AvgIpc) is 2.33. The maximum atomic E-state index is 11.8. The van der Waals surface area contributed by atoms with Crippen LogP contribution in [0.5, 0.6) is 0 Å². The van der Waals surface area contributed by atoms with Gasteiger partial charge in [0.2, 0.25) is 0 Å². The molecule has 0 aliphatic heterocycles. The van der Waals surface area contributed by atoms with Crippen LogP contribution in [-0.2, 0) is 16.0 Å². The van der Waals surface area contributed by atoms with E-state index in [2.05, 4.69) is 20.9 Å². The van der Waals surface area contributed by atoms with Crippen molar-refractivity contribution < 1.29 is 9.47 Å². The maximum Gasteiger partial charge on any atom is 0.267 e. The summed E-state index contributed by atoms with van der Waals surface area (Å²) >= 11 is 3.23. The number of hydrogen-bond donors (Lipinski definition) is 0. The van der Waals surface area contributed by atoms with E-state index in [9.17, 15) is 4.79 Å². The number of rotatable bonds is 7. The van der Waals surface area contributed by atoms with E-state index in [1.807, 2.05) is 0 Å². The summed E-state index contributed by atoms with van der Waals surface area (Å²) in [5.74, 6) is 0. The van der Waals surface area contributed by atoms with Crippen molar-refractivity contribution in [3.63, 3.8) is 0 Å². The summed E-state index contributed by atoms with van der Waals surface area (Å²) in [6, 6.07) is 0. The third-order valence-electron chi connectivity index (χ3n) is 2.28. The van der Waals surface area contributed by atoms with Crippen LogP contribution in [0.1, 0.15) is 12.1 Å². The second-order valence-corrected chi connectivity index (χ2v) is 4.39. The molecule has 0 spiro atoms. The number of methoxy groups -OCH3 is 1. The number of nitrogens with zero attached hydrogens (tertiary/aromatic N) is 2. The van der Waals surface area contributed by atoms with Gasteiger partial charge in [0.15, 0.2) is 0 Å². The zero-order valence-electron chi connectivity index (χ0n) is 10.1. The van der Waals surface area contributed by atoms with Crippen molar-refractivity contribution in [2.45, 2.75) is 19.9 Å². The first kappa shape index (κ1) is 14.3. The van der Waals surface area contributed by atoms with Gasteiger partial charge in [-0.1, -0.05) is 0 Å². The summed E-state index contributed by atoms with van der Waals surface area (Å²) in [6.45, 7) is 4.20. The molecule has 0 bridgehead atoms. The zero-order valence-corrected chi connectivity index (χ0v) is 11.7. The third-order valence-corrected chi connectivity index (χ3v) is 3.19. The van der Waals surface area contributed by atoms with Crippen molar-refractivity contribution in [1.82, 2.24) is 9.55 Å². The fourth-order valence-electron chi connectivity index (χ4n) is 1.29. The van der Waals surface area contributed by atoms with E-state index in [-0.39, 0.29) is 5.56 Å². The van der Waals surface area contributed by atoms with Gasteiger partial charge >= 0.3 is 0 Å². The van der Waals surface area contributed by atoms with Gasteiger partial charge in [-0.3, -0.25) is 9.36 Å². The first-order valence-corrected chi connectivity index (χ1v) is 6.24. The molecule has 96 valence electrons. The predicted octanol–water partition coefficient (Wildman–Crippen LogP) is 1.37. The van der Waals surface area contributed by atoms with Crippen LogP contribution in [-0.4, -0.2) is 36.5 Å². The summed E-state index contributed by atoms with van der Waals surface area (Å²) in [5.41, 5.74) is 0.664. The van der Waals surface area contributed by atoms with E-state index in [0.717, 1.165) is 6.42 Å². The first-order chi connectivity index (χ1) is 8.16. The van der Waals surface area contributed by atoms with Crippen LogP contribution in [0.15, 0.2) is 15.6 Å². The smallest absolute Gasteiger partial charge is 0.267 e. The van der Waals surface area contributed by atoms with Crippen molar-refractivity contribution >= 4 is 15.9 Å². The molecule has 0 amide bonds. The summed E-state index contributed by atoms with van der Waals surface area (Å²) in [4.78, 5) is 15.9. The molecule has 0 atom stereocenters. The van der Waals surface area contributed by atoms with Crippen LogP contribution in [0, 0.1) is 6.92 Å². The summed E-state index contributed by atoms with van der Waals surface area (Å²) in [6.07, 6.45) is 2.35. The zero-order chi connectivity index (χ0) is 12.7. The van der Waals surface area contributed by atoms with E-state index in [0.29, 0.717) is 36.5 Å². The minimum absolute atomic E-state index is 0.0469. The van der Waals surface area contributed by atoms with Crippen molar-refractivity contribution in [2.75, 3.05) is 26.9 Å². The average molecular weight is 305 g/mol. The van der Waals surface area contributed by atoms with Crippen LogP contribution in [0.2, 0.25) is 0 Å². The summed E-state index contributed by atoms with van der Waals surface area (Å²) < 4.78 is 12.3. The molecule has 1 aromatic rings. The molecule has 0 unspecified atom stereocenters. The molecule has 5 nitrogen and oxygen atoms in total. The predicted molar refractivity (Wildman–Crippen MR) is 68.2 cm³/mol.